The van der Waals surface area contributed by atoms with E-state index in [4.69, 9.17) is 16.3 Å². The van der Waals surface area contributed by atoms with Crippen molar-refractivity contribution in [2.45, 2.75) is 64.2 Å². The predicted molar refractivity (Wildman–Crippen MR) is 87.0 cm³/mol. The van der Waals surface area contributed by atoms with Crippen LogP contribution in [-0.4, -0.2) is 23.9 Å². The first-order valence-corrected chi connectivity index (χ1v) is 8.43. The van der Waals surface area contributed by atoms with E-state index >= 15 is 0 Å². The number of benzene rings is 1. The first-order valence-electron chi connectivity index (χ1n) is 8.05. The van der Waals surface area contributed by atoms with Crippen LogP contribution >= 0.6 is 11.6 Å². The molecule has 0 bridgehead atoms. The van der Waals surface area contributed by atoms with E-state index in [0.717, 1.165) is 55.0 Å². The van der Waals surface area contributed by atoms with Crippen molar-refractivity contribution < 1.29 is 9.84 Å². The molecule has 0 amide bonds. The molecule has 0 aromatic heterocycles. The van der Waals surface area contributed by atoms with E-state index in [1.165, 1.54) is 6.42 Å². The van der Waals surface area contributed by atoms with Gasteiger partial charge in [-0.1, -0.05) is 37.4 Å². The average molecular weight is 312 g/mol. The molecule has 0 aliphatic heterocycles. The highest BCUT2D eigenvalue weighted by Gasteiger charge is 2.24. The molecule has 4 heteroatoms. The number of aliphatic hydroxyl groups is 1. The van der Waals surface area contributed by atoms with E-state index in [9.17, 15) is 5.11 Å². The van der Waals surface area contributed by atoms with Crippen LogP contribution in [0.5, 0.6) is 5.75 Å². The summed E-state index contributed by atoms with van der Waals surface area (Å²) in [7, 11) is 0. The van der Waals surface area contributed by atoms with Gasteiger partial charge in [-0.25, -0.2) is 0 Å². The minimum absolute atomic E-state index is 0.115. The fourth-order valence-corrected chi connectivity index (χ4v) is 3.00. The second-order valence-electron chi connectivity index (χ2n) is 5.75. The Morgan fingerprint density at radius 1 is 1.29 bits per heavy atom. The van der Waals surface area contributed by atoms with Crippen molar-refractivity contribution in [3.05, 3.63) is 28.8 Å². The maximum absolute atomic E-state index is 10.2. The highest BCUT2D eigenvalue weighted by molar-refractivity contribution is 6.31. The quantitative estimate of drug-likeness (QED) is 0.618. The lowest BCUT2D eigenvalue weighted by Crippen LogP contribution is -2.31. The van der Waals surface area contributed by atoms with Gasteiger partial charge >= 0.3 is 0 Å². The Morgan fingerprint density at radius 2 is 2.10 bits per heavy atom. The fourth-order valence-electron chi connectivity index (χ4n) is 2.77. The van der Waals surface area contributed by atoms with Crippen molar-refractivity contribution in [2.75, 3.05) is 6.54 Å². The molecule has 0 saturated heterocycles. The van der Waals surface area contributed by atoms with Gasteiger partial charge in [-0.05, 0) is 44.4 Å². The number of nitrogens with one attached hydrogen (secondary N) is 1. The normalized spacial score (nSPS) is 22.8. The van der Waals surface area contributed by atoms with E-state index in [0.29, 0.717) is 6.54 Å². The first kappa shape index (κ1) is 16.6. The molecule has 2 unspecified atom stereocenters. The van der Waals surface area contributed by atoms with Crippen molar-refractivity contribution in [1.29, 1.82) is 0 Å². The van der Waals surface area contributed by atoms with E-state index in [1.54, 1.807) is 0 Å². The summed E-state index contributed by atoms with van der Waals surface area (Å²) in [6.45, 7) is 3.79. The van der Waals surface area contributed by atoms with Gasteiger partial charge in [0.2, 0.25) is 0 Å². The molecule has 2 atom stereocenters. The Morgan fingerprint density at radius 3 is 2.90 bits per heavy atom. The Balaban J connectivity index is 2.08. The number of rotatable bonds is 6. The van der Waals surface area contributed by atoms with Gasteiger partial charge in [-0.3, -0.25) is 0 Å². The maximum atomic E-state index is 10.2. The zero-order valence-electron chi connectivity index (χ0n) is 12.8. The van der Waals surface area contributed by atoms with Gasteiger partial charge in [0, 0.05) is 17.1 Å². The molecule has 2 N–H and O–H groups in total. The molecule has 1 aliphatic carbocycles. The molecule has 0 heterocycles. The molecular formula is C17H26ClNO2. The number of hydrogen-bond acceptors (Lipinski definition) is 3. The Hall–Kier alpha value is -0.770. The lowest BCUT2D eigenvalue weighted by atomic mass is 10.1. The summed E-state index contributed by atoms with van der Waals surface area (Å²) in [6, 6.07) is 5.75. The SMILES string of the molecule is CCCNCc1c(Cl)cccc1OC1CCCCCC1O. The van der Waals surface area contributed by atoms with Crippen molar-refractivity contribution in [2.24, 2.45) is 0 Å². The highest BCUT2D eigenvalue weighted by Crippen LogP contribution is 2.30. The number of halogens is 1. The molecule has 2 rings (SSSR count). The standard InChI is InChI=1S/C17H26ClNO2/c1-2-11-19-12-13-14(18)7-6-10-16(13)21-17-9-5-3-4-8-15(17)20/h6-7,10,15,17,19-20H,2-5,8-9,11-12H2,1H3. The zero-order chi connectivity index (χ0) is 15.1. The van der Waals surface area contributed by atoms with E-state index in [1.807, 2.05) is 18.2 Å². The molecular weight excluding hydrogens is 286 g/mol. The summed E-state index contributed by atoms with van der Waals surface area (Å²) < 4.78 is 6.12. The summed E-state index contributed by atoms with van der Waals surface area (Å²) in [5.41, 5.74) is 0.990. The molecule has 1 fully saturated rings. The minimum Gasteiger partial charge on any atom is -0.487 e. The minimum atomic E-state index is -0.372. The van der Waals surface area contributed by atoms with Crippen LogP contribution in [0.2, 0.25) is 5.02 Å². The van der Waals surface area contributed by atoms with Crippen LogP contribution in [-0.2, 0) is 6.54 Å². The highest BCUT2D eigenvalue weighted by atomic mass is 35.5. The third kappa shape index (κ3) is 4.87. The van der Waals surface area contributed by atoms with Gasteiger partial charge in [0.15, 0.2) is 0 Å². The lowest BCUT2D eigenvalue weighted by molar-refractivity contribution is 0.0314. The van der Waals surface area contributed by atoms with Crippen molar-refractivity contribution >= 4 is 11.6 Å². The van der Waals surface area contributed by atoms with Gasteiger partial charge < -0.3 is 15.2 Å². The van der Waals surface area contributed by atoms with Crippen molar-refractivity contribution in [1.82, 2.24) is 5.32 Å². The predicted octanol–water partition coefficient (Wildman–Crippen LogP) is 3.91. The lowest BCUT2D eigenvalue weighted by Gasteiger charge is -2.24. The Labute approximate surface area is 132 Å². The van der Waals surface area contributed by atoms with Crippen LogP contribution in [0.1, 0.15) is 51.0 Å². The molecule has 1 aromatic carbocycles. The smallest absolute Gasteiger partial charge is 0.125 e. The van der Waals surface area contributed by atoms with E-state index in [-0.39, 0.29) is 12.2 Å². The third-order valence-electron chi connectivity index (χ3n) is 4.00. The van der Waals surface area contributed by atoms with Gasteiger partial charge in [-0.2, -0.15) is 0 Å². The van der Waals surface area contributed by atoms with Crippen LogP contribution in [0.25, 0.3) is 0 Å². The van der Waals surface area contributed by atoms with Gasteiger partial charge in [-0.15, -0.1) is 0 Å². The van der Waals surface area contributed by atoms with Crippen LogP contribution < -0.4 is 10.1 Å². The van der Waals surface area contributed by atoms with Gasteiger partial charge in [0.25, 0.3) is 0 Å². The largest absolute Gasteiger partial charge is 0.487 e. The average Bonchev–Trinajstić information content (AvgIpc) is 2.67. The summed E-state index contributed by atoms with van der Waals surface area (Å²) in [4.78, 5) is 0. The van der Waals surface area contributed by atoms with E-state index < -0.39 is 0 Å². The monoisotopic (exact) mass is 311 g/mol. The molecule has 0 radical (unpaired) electrons. The van der Waals surface area contributed by atoms with E-state index in [2.05, 4.69) is 12.2 Å². The summed E-state index contributed by atoms with van der Waals surface area (Å²) in [6.07, 6.45) is 5.72. The second kappa shape index (κ2) is 8.62. The summed E-state index contributed by atoms with van der Waals surface area (Å²) in [5, 5.41) is 14.3. The summed E-state index contributed by atoms with van der Waals surface area (Å²) >= 11 is 6.31. The second-order valence-corrected chi connectivity index (χ2v) is 6.16. The maximum Gasteiger partial charge on any atom is 0.125 e. The Kier molecular flexibility index (Phi) is 6.81. The molecule has 118 valence electrons. The summed E-state index contributed by atoms with van der Waals surface area (Å²) in [5.74, 6) is 0.803. The fraction of sp³-hybridized carbons (Fsp3) is 0.647. The molecule has 1 aromatic rings. The molecule has 1 saturated carbocycles. The van der Waals surface area contributed by atoms with Gasteiger partial charge in [0.05, 0.1) is 6.10 Å². The number of aliphatic hydroxyl groups excluding tert-OH is 1. The molecule has 0 spiro atoms. The zero-order valence-corrected chi connectivity index (χ0v) is 13.5. The molecule has 3 nitrogen and oxygen atoms in total. The van der Waals surface area contributed by atoms with Crippen LogP contribution in [0.3, 0.4) is 0 Å². The Bertz CT molecular complexity index is 439. The number of hydrogen-bond donors (Lipinski definition) is 2. The van der Waals surface area contributed by atoms with Crippen LogP contribution in [0, 0.1) is 0 Å². The van der Waals surface area contributed by atoms with Crippen molar-refractivity contribution in [3.8, 4) is 5.75 Å². The van der Waals surface area contributed by atoms with Crippen molar-refractivity contribution in [3.63, 3.8) is 0 Å². The topological polar surface area (TPSA) is 41.5 Å². The third-order valence-corrected chi connectivity index (χ3v) is 4.35. The van der Waals surface area contributed by atoms with Gasteiger partial charge in [0.1, 0.15) is 11.9 Å². The number of ether oxygens (including phenoxy) is 1. The molecule has 1 aliphatic rings. The molecule has 21 heavy (non-hydrogen) atoms. The first-order chi connectivity index (χ1) is 10.2. The van der Waals surface area contributed by atoms with Crippen LogP contribution in [0.4, 0.5) is 0 Å². The van der Waals surface area contributed by atoms with Crippen LogP contribution in [0.15, 0.2) is 18.2 Å².